The zero-order chi connectivity index (χ0) is 11.1. The summed E-state index contributed by atoms with van der Waals surface area (Å²) < 4.78 is 5.00. The number of carbonyl (C=O) groups excluding carboxylic acids is 1. The number of hydrogen-bond donors (Lipinski definition) is 0. The van der Waals surface area contributed by atoms with Crippen molar-refractivity contribution in [1.82, 2.24) is 0 Å². The number of nitrogens with zero attached hydrogens (tertiary/aromatic N) is 1. The molecule has 0 bridgehead atoms. The zero-order valence-corrected chi connectivity index (χ0v) is 8.86. The SMILES string of the molecule is CC#COCN(C(C)=O)c1ccccc1. The second kappa shape index (κ2) is 5.71. The second-order valence-electron chi connectivity index (χ2n) is 2.91. The monoisotopic (exact) mass is 203 g/mol. The van der Waals surface area contributed by atoms with E-state index in [1.54, 1.807) is 6.92 Å². The number of para-hydroxylation sites is 1. The Morgan fingerprint density at radius 1 is 1.40 bits per heavy atom. The first-order valence-corrected chi connectivity index (χ1v) is 4.62. The second-order valence-corrected chi connectivity index (χ2v) is 2.91. The van der Waals surface area contributed by atoms with Gasteiger partial charge in [-0.25, -0.2) is 0 Å². The lowest BCUT2D eigenvalue weighted by Crippen LogP contribution is -2.30. The number of hydrogen-bond acceptors (Lipinski definition) is 2. The molecule has 0 heterocycles. The summed E-state index contributed by atoms with van der Waals surface area (Å²) in [5, 5.41) is 0. The van der Waals surface area contributed by atoms with Gasteiger partial charge in [0.1, 0.15) is 6.11 Å². The molecule has 0 fully saturated rings. The van der Waals surface area contributed by atoms with Crippen LogP contribution in [-0.2, 0) is 9.53 Å². The van der Waals surface area contributed by atoms with E-state index in [-0.39, 0.29) is 12.6 Å². The maximum absolute atomic E-state index is 11.3. The van der Waals surface area contributed by atoms with Gasteiger partial charge in [0, 0.05) is 19.5 Å². The molecule has 3 nitrogen and oxygen atoms in total. The average Bonchev–Trinajstić information content (AvgIpc) is 2.25. The summed E-state index contributed by atoms with van der Waals surface area (Å²) in [6.45, 7) is 3.33. The molecule has 0 unspecified atom stereocenters. The van der Waals surface area contributed by atoms with Gasteiger partial charge in [-0.1, -0.05) is 24.1 Å². The molecule has 0 atom stereocenters. The number of carbonyl (C=O) groups is 1. The third-order valence-electron chi connectivity index (χ3n) is 1.82. The topological polar surface area (TPSA) is 29.5 Å². The third-order valence-corrected chi connectivity index (χ3v) is 1.82. The Hall–Kier alpha value is -1.95. The summed E-state index contributed by atoms with van der Waals surface area (Å²) >= 11 is 0. The minimum Gasteiger partial charge on any atom is -0.424 e. The van der Waals surface area contributed by atoms with Crippen LogP contribution in [0.1, 0.15) is 13.8 Å². The van der Waals surface area contributed by atoms with E-state index in [0.717, 1.165) is 5.69 Å². The van der Waals surface area contributed by atoms with Gasteiger partial charge in [0.05, 0.1) is 0 Å². The van der Waals surface area contributed by atoms with Crippen molar-refractivity contribution in [2.45, 2.75) is 13.8 Å². The molecule has 78 valence electrons. The van der Waals surface area contributed by atoms with Crippen LogP contribution in [-0.4, -0.2) is 12.6 Å². The summed E-state index contributed by atoms with van der Waals surface area (Å²) in [5.41, 5.74) is 0.808. The maximum Gasteiger partial charge on any atom is 0.226 e. The van der Waals surface area contributed by atoms with Gasteiger partial charge in [0.25, 0.3) is 0 Å². The Morgan fingerprint density at radius 2 is 2.07 bits per heavy atom. The van der Waals surface area contributed by atoms with Gasteiger partial charge >= 0.3 is 0 Å². The Bertz CT molecular complexity index is 376. The van der Waals surface area contributed by atoms with Crippen LogP contribution in [0.2, 0.25) is 0 Å². The molecule has 0 aromatic heterocycles. The van der Waals surface area contributed by atoms with Crippen molar-refractivity contribution >= 4 is 11.6 Å². The number of amides is 1. The van der Waals surface area contributed by atoms with E-state index in [2.05, 4.69) is 12.0 Å². The fourth-order valence-corrected chi connectivity index (χ4v) is 1.12. The average molecular weight is 203 g/mol. The third kappa shape index (κ3) is 3.35. The molecule has 0 aliphatic carbocycles. The quantitative estimate of drug-likeness (QED) is 0.555. The van der Waals surface area contributed by atoms with E-state index in [1.165, 1.54) is 11.8 Å². The molecule has 1 amide bonds. The number of ether oxygens (including phenoxy) is 1. The van der Waals surface area contributed by atoms with Gasteiger partial charge in [-0.2, -0.15) is 0 Å². The molecule has 1 aromatic rings. The first-order chi connectivity index (χ1) is 7.25. The van der Waals surface area contributed by atoms with Crippen LogP contribution in [0.3, 0.4) is 0 Å². The smallest absolute Gasteiger partial charge is 0.226 e. The predicted molar refractivity (Wildman–Crippen MR) is 59.0 cm³/mol. The maximum atomic E-state index is 11.3. The van der Waals surface area contributed by atoms with Gasteiger partial charge in [-0.05, 0) is 12.1 Å². The summed E-state index contributed by atoms with van der Waals surface area (Å²) in [6.07, 6.45) is 2.46. The highest BCUT2D eigenvalue weighted by Crippen LogP contribution is 2.12. The molecule has 3 heteroatoms. The van der Waals surface area contributed by atoms with E-state index in [0.29, 0.717) is 0 Å². The van der Waals surface area contributed by atoms with Crippen molar-refractivity contribution in [3.05, 3.63) is 30.3 Å². The highest BCUT2D eigenvalue weighted by Gasteiger charge is 2.10. The predicted octanol–water partition coefficient (Wildman–Crippen LogP) is 1.99. The lowest BCUT2D eigenvalue weighted by atomic mass is 10.3. The van der Waals surface area contributed by atoms with E-state index >= 15 is 0 Å². The molecule has 0 saturated carbocycles. The normalized spacial score (nSPS) is 8.67. The fourth-order valence-electron chi connectivity index (χ4n) is 1.12. The first-order valence-electron chi connectivity index (χ1n) is 4.62. The standard InChI is InChI=1S/C12H13NO2/c1-3-9-15-10-13(11(2)14)12-7-5-4-6-8-12/h4-8H,10H2,1-2H3. The molecule has 0 radical (unpaired) electrons. The molecule has 1 rings (SSSR count). The van der Waals surface area contributed by atoms with E-state index < -0.39 is 0 Å². The van der Waals surface area contributed by atoms with Crippen LogP contribution in [0.15, 0.2) is 30.3 Å². The van der Waals surface area contributed by atoms with Crippen molar-refractivity contribution in [3.63, 3.8) is 0 Å². The summed E-state index contributed by atoms with van der Waals surface area (Å²) in [5.74, 6) is 2.53. The van der Waals surface area contributed by atoms with Crippen LogP contribution >= 0.6 is 0 Å². The van der Waals surface area contributed by atoms with Gasteiger partial charge in [-0.3, -0.25) is 9.69 Å². The number of benzene rings is 1. The Balaban J connectivity index is 2.73. The summed E-state index contributed by atoms with van der Waals surface area (Å²) in [7, 11) is 0. The molecule has 1 aromatic carbocycles. The molecule has 0 N–H and O–H groups in total. The molecular formula is C12H13NO2. The molecule has 0 aliphatic heterocycles. The summed E-state index contributed by atoms with van der Waals surface area (Å²) in [4.78, 5) is 12.9. The molecule has 0 saturated heterocycles. The minimum atomic E-state index is -0.0703. The number of anilines is 1. The van der Waals surface area contributed by atoms with Crippen molar-refractivity contribution in [3.8, 4) is 12.0 Å². The molecule has 0 aliphatic rings. The molecule has 0 spiro atoms. The van der Waals surface area contributed by atoms with Crippen LogP contribution in [0.4, 0.5) is 5.69 Å². The van der Waals surface area contributed by atoms with Gasteiger partial charge in [0.2, 0.25) is 5.91 Å². The molecule has 15 heavy (non-hydrogen) atoms. The van der Waals surface area contributed by atoms with Crippen LogP contribution in [0.25, 0.3) is 0 Å². The zero-order valence-electron chi connectivity index (χ0n) is 8.86. The largest absolute Gasteiger partial charge is 0.424 e. The Labute approximate surface area is 89.7 Å². The van der Waals surface area contributed by atoms with Crippen molar-refractivity contribution in [2.24, 2.45) is 0 Å². The highest BCUT2D eigenvalue weighted by atomic mass is 16.5. The van der Waals surface area contributed by atoms with Crippen LogP contribution in [0.5, 0.6) is 0 Å². The van der Waals surface area contributed by atoms with Crippen molar-refractivity contribution in [1.29, 1.82) is 0 Å². The lowest BCUT2D eigenvalue weighted by Gasteiger charge is -2.19. The van der Waals surface area contributed by atoms with Gasteiger partial charge in [0.15, 0.2) is 6.73 Å². The fraction of sp³-hybridized carbons (Fsp3) is 0.250. The van der Waals surface area contributed by atoms with Crippen molar-refractivity contribution in [2.75, 3.05) is 11.6 Å². The van der Waals surface area contributed by atoms with Crippen LogP contribution < -0.4 is 4.90 Å². The van der Waals surface area contributed by atoms with Crippen molar-refractivity contribution < 1.29 is 9.53 Å². The van der Waals surface area contributed by atoms with E-state index in [1.807, 2.05) is 30.3 Å². The van der Waals surface area contributed by atoms with Crippen LogP contribution in [0, 0.1) is 12.0 Å². The first kappa shape index (κ1) is 11.1. The highest BCUT2D eigenvalue weighted by molar-refractivity contribution is 5.91. The lowest BCUT2D eigenvalue weighted by molar-refractivity contribution is -0.117. The summed E-state index contributed by atoms with van der Waals surface area (Å²) in [6, 6.07) is 9.34. The minimum absolute atomic E-state index is 0.0703. The van der Waals surface area contributed by atoms with E-state index in [9.17, 15) is 4.79 Å². The Morgan fingerprint density at radius 3 is 2.60 bits per heavy atom. The van der Waals surface area contributed by atoms with E-state index in [4.69, 9.17) is 4.74 Å². The Kier molecular flexibility index (Phi) is 4.24. The van der Waals surface area contributed by atoms with Gasteiger partial charge in [-0.15, -0.1) is 0 Å². The molecular weight excluding hydrogens is 190 g/mol. The van der Waals surface area contributed by atoms with Gasteiger partial charge < -0.3 is 4.74 Å². The number of rotatable bonds is 3.